The summed E-state index contributed by atoms with van der Waals surface area (Å²) >= 11 is 5.60. The molecule has 1 amide bonds. The van der Waals surface area contributed by atoms with Gasteiger partial charge < -0.3 is 5.32 Å². The van der Waals surface area contributed by atoms with E-state index in [1.807, 2.05) is 18.2 Å². The van der Waals surface area contributed by atoms with E-state index < -0.39 is 5.54 Å². The van der Waals surface area contributed by atoms with Gasteiger partial charge >= 0.3 is 0 Å². The topological polar surface area (TPSA) is 52.9 Å². The van der Waals surface area contributed by atoms with Gasteiger partial charge in [-0.05, 0) is 69.6 Å². The number of amides is 1. The number of halogens is 2. The molecule has 1 saturated carbocycles. The van der Waals surface area contributed by atoms with Crippen molar-refractivity contribution in [3.8, 4) is 6.07 Å². The van der Waals surface area contributed by atoms with Gasteiger partial charge in [0.2, 0.25) is 0 Å². The number of benzene rings is 1. The minimum Gasteiger partial charge on any atom is -0.334 e. The molecule has 1 aliphatic carbocycles. The highest BCUT2D eigenvalue weighted by molar-refractivity contribution is 14.1. The van der Waals surface area contributed by atoms with Crippen molar-refractivity contribution in [3.05, 3.63) is 31.8 Å². The van der Waals surface area contributed by atoms with Crippen LogP contribution in [0.15, 0.2) is 22.7 Å². The summed E-state index contributed by atoms with van der Waals surface area (Å²) in [5, 5.41) is 12.6. The summed E-state index contributed by atoms with van der Waals surface area (Å²) in [6.45, 7) is 0. The summed E-state index contributed by atoms with van der Waals surface area (Å²) in [7, 11) is 0. The van der Waals surface area contributed by atoms with Crippen molar-refractivity contribution in [2.24, 2.45) is 0 Å². The molecule has 0 radical (unpaired) electrons. The first-order valence-electron chi connectivity index (χ1n) is 7.25. The van der Waals surface area contributed by atoms with E-state index in [1.165, 1.54) is 6.42 Å². The van der Waals surface area contributed by atoms with Gasteiger partial charge in [0.25, 0.3) is 5.91 Å². The molecule has 1 fully saturated rings. The summed E-state index contributed by atoms with van der Waals surface area (Å²) in [6.07, 6.45) is 7.02. The molecule has 0 bridgehead atoms. The van der Waals surface area contributed by atoms with Crippen molar-refractivity contribution >= 4 is 44.4 Å². The van der Waals surface area contributed by atoms with Crippen molar-refractivity contribution in [1.29, 1.82) is 5.26 Å². The Labute approximate surface area is 147 Å². The van der Waals surface area contributed by atoms with Crippen molar-refractivity contribution in [1.82, 2.24) is 5.32 Å². The minimum atomic E-state index is -0.710. The molecule has 0 spiro atoms. The second-order valence-corrected chi connectivity index (χ2v) is 7.64. The van der Waals surface area contributed by atoms with Gasteiger partial charge in [0, 0.05) is 8.04 Å². The Balaban J connectivity index is 2.18. The Morgan fingerprint density at radius 1 is 1.24 bits per heavy atom. The molecule has 0 saturated heterocycles. The SMILES string of the molecule is N#CC1(NC(=O)c2cc(I)ccc2Br)CCCCCCC1. The van der Waals surface area contributed by atoms with Gasteiger partial charge in [0.05, 0.1) is 11.6 Å². The molecule has 0 atom stereocenters. The van der Waals surface area contributed by atoms with Crippen LogP contribution in [0.4, 0.5) is 0 Å². The predicted octanol–water partition coefficient (Wildman–Crippen LogP) is 4.79. The van der Waals surface area contributed by atoms with E-state index in [4.69, 9.17) is 0 Å². The maximum absolute atomic E-state index is 12.6. The Kier molecular flexibility index (Phi) is 6.06. The number of nitrogens with one attached hydrogen (secondary N) is 1. The van der Waals surface area contributed by atoms with Gasteiger partial charge in [-0.2, -0.15) is 5.26 Å². The van der Waals surface area contributed by atoms with Gasteiger partial charge in [0.15, 0.2) is 0 Å². The van der Waals surface area contributed by atoms with Crippen molar-refractivity contribution in [2.45, 2.75) is 50.5 Å². The molecule has 0 heterocycles. The number of carbonyl (C=O) groups is 1. The van der Waals surface area contributed by atoms with Gasteiger partial charge in [0.1, 0.15) is 5.54 Å². The van der Waals surface area contributed by atoms with Crippen molar-refractivity contribution in [3.63, 3.8) is 0 Å². The van der Waals surface area contributed by atoms with Crippen molar-refractivity contribution in [2.75, 3.05) is 0 Å². The largest absolute Gasteiger partial charge is 0.334 e. The molecule has 5 heteroatoms. The number of nitriles is 1. The van der Waals surface area contributed by atoms with Crippen LogP contribution in [-0.2, 0) is 0 Å². The van der Waals surface area contributed by atoms with Crippen LogP contribution in [0.2, 0.25) is 0 Å². The second kappa shape index (κ2) is 7.59. The van der Waals surface area contributed by atoms with E-state index in [2.05, 4.69) is 49.9 Å². The molecule has 1 aromatic rings. The van der Waals surface area contributed by atoms with E-state index >= 15 is 0 Å². The number of nitrogens with zero attached hydrogens (tertiary/aromatic N) is 1. The van der Waals surface area contributed by atoms with E-state index in [0.717, 1.165) is 46.6 Å². The fraction of sp³-hybridized carbons (Fsp3) is 0.500. The van der Waals surface area contributed by atoms with E-state index in [1.54, 1.807) is 0 Å². The molecule has 1 N–H and O–H groups in total. The molecule has 0 aliphatic heterocycles. The maximum Gasteiger partial charge on any atom is 0.253 e. The molecule has 1 aromatic carbocycles. The van der Waals surface area contributed by atoms with Gasteiger partial charge in [-0.3, -0.25) is 4.79 Å². The van der Waals surface area contributed by atoms with Crippen LogP contribution in [0.5, 0.6) is 0 Å². The summed E-state index contributed by atoms with van der Waals surface area (Å²) in [5.41, 5.74) is -0.114. The first kappa shape index (κ1) is 16.8. The lowest BCUT2D eigenvalue weighted by Crippen LogP contribution is -2.47. The Hall–Kier alpha value is -0.610. The summed E-state index contributed by atoms with van der Waals surface area (Å²) < 4.78 is 1.77. The molecule has 0 aromatic heterocycles. The first-order chi connectivity index (χ1) is 10.1. The number of carbonyl (C=O) groups excluding carboxylic acids is 1. The highest BCUT2D eigenvalue weighted by Gasteiger charge is 2.32. The molecular weight excluding hydrogens is 443 g/mol. The molecule has 0 unspecified atom stereocenters. The van der Waals surface area contributed by atoms with Crippen LogP contribution >= 0.6 is 38.5 Å². The average Bonchev–Trinajstić information content (AvgIpc) is 2.44. The molecule has 112 valence electrons. The van der Waals surface area contributed by atoms with Gasteiger partial charge in [-0.15, -0.1) is 0 Å². The molecule has 1 aliphatic rings. The van der Waals surface area contributed by atoms with E-state index in [9.17, 15) is 10.1 Å². The van der Waals surface area contributed by atoms with Crippen molar-refractivity contribution < 1.29 is 4.79 Å². The second-order valence-electron chi connectivity index (χ2n) is 5.54. The Bertz CT molecular complexity index is 560. The van der Waals surface area contributed by atoms with Crippen LogP contribution in [0, 0.1) is 14.9 Å². The lowest BCUT2D eigenvalue weighted by Gasteiger charge is -2.30. The highest BCUT2D eigenvalue weighted by Crippen LogP contribution is 2.27. The third-order valence-corrected chi connectivity index (χ3v) is 5.31. The average molecular weight is 461 g/mol. The van der Waals surface area contributed by atoms with E-state index in [0.29, 0.717) is 5.56 Å². The lowest BCUT2D eigenvalue weighted by atomic mass is 9.85. The number of hydrogen-bond acceptors (Lipinski definition) is 2. The Morgan fingerprint density at radius 3 is 2.48 bits per heavy atom. The quantitative estimate of drug-likeness (QED) is 0.645. The zero-order valence-corrected chi connectivity index (χ0v) is 15.5. The van der Waals surface area contributed by atoms with Crippen LogP contribution in [-0.4, -0.2) is 11.4 Å². The summed E-state index contributed by atoms with van der Waals surface area (Å²) in [5.74, 6) is -0.164. The zero-order chi connectivity index (χ0) is 15.3. The maximum atomic E-state index is 12.6. The molecular formula is C16H18BrIN2O. The molecule has 2 rings (SSSR count). The normalized spacial score (nSPS) is 18.1. The van der Waals surface area contributed by atoms with Gasteiger partial charge in [-0.25, -0.2) is 0 Å². The summed E-state index contributed by atoms with van der Waals surface area (Å²) in [6, 6.07) is 8.02. The van der Waals surface area contributed by atoms with Crippen LogP contribution in [0.3, 0.4) is 0 Å². The fourth-order valence-electron chi connectivity index (χ4n) is 2.73. The first-order valence-corrected chi connectivity index (χ1v) is 9.12. The smallest absolute Gasteiger partial charge is 0.253 e. The zero-order valence-electron chi connectivity index (χ0n) is 11.8. The predicted molar refractivity (Wildman–Crippen MR) is 95.0 cm³/mol. The fourth-order valence-corrected chi connectivity index (χ4v) is 3.65. The lowest BCUT2D eigenvalue weighted by molar-refractivity contribution is 0.0907. The third kappa shape index (κ3) is 4.43. The Morgan fingerprint density at radius 2 is 1.86 bits per heavy atom. The monoisotopic (exact) mass is 460 g/mol. The van der Waals surface area contributed by atoms with Crippen LogP contribution < -0.4 is 5.32 Å². The standard InChI is InChI=1S/C16H18BrIN2O/c17-14-7-6-12(18)10-13(14)15(21)20-16(11-19)8-4-2-1-3-5-9-16/h6-7,10H,1-5,8-9H2,(H,20,21). The molecule has 21 heavy (non-hydrogen) atoms. The summed E-state index contributed by atoms with van der Waals surface area (Å²) in [4.78, 5) is 12.6. The highest BCUT2D eigenvalue weighted by atomic mass is 127. The van der Waals surface area contributed by atoms with E-state index in [-0.39, 0.29) is 5.91 Å². The van der Waals surface area contributed by atoms with Crippen LogP contribution in [0.1, 0.15) is 55.3 Å². The number of rotatable bonds is 2. The minimum absolute atomic E-state index is 0.164. The van der Waals surface area contributed by atoms with Gasteiger partial charge in [-0.1, -0.05) is 32.1 Å². The number of hydrogen-bond donors (Lipinski definition) is 1. The third-order valence-electron chi connectivity index (χ3n) is 3.95. The molecule has 3 nitrogen and oxygen atoms in total. The van der Waals surface area contributed by atoms with Crippen LogP contribution in [0.25, 0.3) is 0 Å².